The first-order valence-electron chi connectivity index (χ1n) is 16.8. The molecule has 0 aliphatic heterocycles. The lowest BCUT2D eigenvalue weighted by molar-refractivity contribution is -0.518. The number of aliphatic imine (C=N–C) groups is 1. The molecular weight excluding hydrogens is 634 g/mol. The quantitative estimate of drug-likeness (QED) is 0.0533. The zero-order valence-corrected chi connectivity index (χ0v) is 29.8. The molecule has 0 amide bonds. The van der Waals surface area contributed by atoms with Gasteiger partial charge in [0, 0.05) is 34.4 Å². The Hall–Kier alpha value is -3.05. The van der Waals surface area contributed by atoms with Crippen LogP contribution in [0.3, 0.4) is 0 Å². The Labute approximate surface area is 291 Å². The highest BCUT2D eigenvalue weighted by Crippen LogP contribution is 2.29. The molecule has 2 aromatic carbocycles. The molecule has 0 aromatic heterocycles. The number of anilines is 1. The van der Waals surface area contributed by atoms with E-state index in [0.29, 0.717) is 111 Å². The normalized spacial score (nSPS) is 12.3. The molecule has 14 nitrogen and oxygen atoms in total. The number of nitroso groups, excluding NO2 is 1. The summed E-state index contributed by atoms with van der Waals surface area (Å²) in [7, 11) is 3.22. The predicted molar refractivity (Wildman–Crippen MR) is 190 cm³/mol. The first-order valence-corrected chi connectivity index (χ1v) is 16.8. The van der Waals surface area contributed by atoms with Gasteiger partial charge in [-0.05, 0) is 32.0 Å². The summed E-state index contributed by atoms with van der Waals surface area (Å²) in [5.74, 6) is 0.659. The van der Waals surface area contributed by atoms with E-state index in [2.05, 4.69) is 4.99 Å². The summed E-state index contributed by atoms with van der Waals surface area (Å²) in [6, 6.07) is 13.9. The van der Waals surface area contributed by atoms with Crippen LogP contribution in [0.2, 0.25) is 0 Å². The summed E-state index contributed by atoms with van der Waals surface area (Å²) in [6.45, 7) is 11.8. The van der Waals surface area contributed by atoms with Crippen LogP contribution in [-0.4, -0.2) is 143 Å². The molecule has 4 N–H and O–H groups in total. The molecule has 2 aromatic rings. The minimum Gasteiger partial charge on any atom is -0.491 e. The summed E-state index contributed by atoms with van der Waals surface area (Å²) in [6.07, 6.45) is -0.402. The van der Waals surface area contributed by atoms with Crippen molar-refractivity contribution in [3.8, 4) is 5.75 Å². The SMILES string of the molecule is CN=C(c1ccc(C)cc1)c1cc(OCCOCCOCCOCCOCCOCCOCCOCCN)ccc1N(C[N+](C)=O)C(C)N. The maximum Gasteiger partial charge on any atom is 0.267 e. The van der Waals surface area contributed by atoms with Crippen molar-refractivity contribution >= 4 is 11.4 Å². The van der Waals surface area contributed by atoms with E-state index in [1.54, 1.807) is 7.05 Å². The second kappa shape index (κ2) is 26.8. The topological polar surface area (TPSA) is 162 Å². The number of nitrogens with two attached hydrogens (primary N) is 2. The second-order valence-corrected chi connectivity index (χ2v) is 11.0. The molecule has 0 aliphatic rings. The molecule has 2 rings (SSSR count). The molecule has 0 aliphatic carbocycles. The summed E-state index contributed by atoms with van der Waals surface area (Å²) in [4.78, 5) is 18.4. The molecule has 0 saturated carbocycles. The van der Waals surface area contributed by atoms with Crippen LogP contribution in [0, 0.1) is 11.8 Å². The molecule has 14 heteroatoms. The van der Waals surface area contributed by atoms with Crippen molar-refractivity contribution in [1.29, 1.82) is 0 Å². The molecule has 0 heterocycles. The monoisotopic (exact) mass is 692 g/mol. The van der Waals surface area contributed by atoms with Gasteiger partial charge in [0.05, 0.1) is 110 Å². The van der Waals surface area contributed by atoms with Gasteiger partial charge in [0.25, 0.3) is 6.67 Å². The third-order valence-corrected chi connectivity index (χ3v) is 6.91. The van der Waals surface area contributed by atoms with Crippen molar-refractivity contribution in [2.45, 2.75) is 20.0 Å². The molecule has 1 unspecified atom stereocenters. The number of benzene rings is 2. The molecule has 0 radical (unpaired) electrons. The Morgan fingerprint density at radius 1 is 0.735 bits per heavy atom. The van der Waals surface area contributed by atoms with E-state index in [4.69, 9.17) is 49.4 Å². The molecule has 0 bridgehead atoms. The summed E-state index contributed by atoms with van der Waals surface area (Å²) < 4.78 is 45.2. The zero-order valence-electron chi connectivity index (χ0n) is 29.8. The van der Waals surface area contributed by atoms with E-state index in [1.165, 1.54) is 7.05 Å². The van der Waals surface area contributed by atoms with Crippen molar-refractivity contribution in [3.63, 3.8) is 0 Å². The van der Waals surface area contributed by atoms with Gasteiger partial charge in [-0.25, -0.2) is 0 Å². The number of ether oxygens (including phenoxy) is 8. The molecule has 276 valence electrons. The van der Waals surface area contributed by atoms with Crippen LogP contribution in [-0.2, 0) is 33.2 Å². The Kier molecular flexibility index (Phi) is 23.0. The molecule has 1 atom stereocenters. The van der Waals surface area contributed by atoms with Crippen molar-refractivity contribution in [2.75, 3.05) is 131 Å². The fourth-order valence-electron chi connectivity index (χ4n) is 4.52. The van der Waals surface area contributed by atoms with E-state index in [1.807, 2.05) is 61.2 Å². The molecular formula is C35H58N5O9+. The van der Waals surface area contributed by atoms with Gasteiger partial charge in [-0.1, -0.05) is 29.8 Å². The van der Waals surface area contributed by atoms with Crippen LogP contribution in [0.4, 0.5) is 5.69 Å². The lowest BCUT2D eigenvalue weighted by Gasteiger charge is -2.27. The van der Waals surface area contributed by atoms with Gasteiger partial charge in [0.15, 0.2) is 7.05 Å². The molecule has 0 saturated heterocycles. The summed E-state index contributed by atoms with van der Waals surface area (Å²) >= 11 is 0. The maximum absolute atomic E-state index is 12.0. The number of nitrogens with zero attached hydrogens (tertiary/aromatic N) is 3. The van der Waals surface area contributed by atoms with Gasteiger partial charge < -0.3 is 49.4 Å². The maximum atomic E-state index is 12.0. The zero-order chi connectivity index (χ0) is 35.5. The summed E-state index contributed by atoms with van der Waals surface area (Å²) in [5.41, 5.74) is 16.1. The number of hydrogen-bond donors (Lipinski definition) is 2. The second-order valence-electron chi connectivity index (χ2n) is 11.0. The molecule has 0 spiro atoms. The van der Waals surface area contributed by atoms with Crippen molar-refractivity contribution in [1.82, 2.24) is 0 Å². The van der Waals surface area contributed by atoms with Crippen molar-refractivity contribution in [3.05, 3.63) is 64.1 Å². The van der Waals surface area contributed by atoms with Gasteiger partial charge in [0.1, 0.15) is 12.4 Å². The van der Waals surface area contributed by atoms with Gasteiger partial charge in [0.2, 0.25) is 0 Å². The third kappa shape index (κ3) is 18.5. The molecule has 0 fully saturated rings. The van der Waals surface area contributed by atoms with E-state index in [9.17, 15) is 4.91 Å². The van der Waals surface area contributed by atoms with E-state index < -0.39 is 6.17 Å². The van der Waals surface area contributed by atoms with Crippen molar-refractivity contribution < 1.29 is 42.7 Å². The van der Waals surface area contributed by atoms with Crippen molar-refractivity contribution in [2.24, 2.45) is 16.5 Å². The first-order chi connectivity index (χ1) is 23.9. The van der Waals surface area contributed by atoms with Crippen LogP contribution in [0.5, 0.6) is 5.75 Å². The van der Waals surface area contributed by atoms with Gasteiger partial charge >= 0.3 is 0 Å². The lowest BCUT2D eigenvalue weighted by atomic mass is 9.98. The highest BCUT2D eigenvalue weighted by Gasteiger charge is 2.23. The highest BCUT2D eigenvalue weighted by molar-refractivity contribution is 6.16. The predicted octanol–water partition coefficient (Wildman–Crippen LogP) is 2.39. The number of aryl methyl sites for hydroxylation is 1. The van der Waals surface area contributed by atoms with Crippen LogP contribution in [0.25, 0.3) is 0 Å². The van der Waals surface area contributed by atoms with Crippen LogP contribution in [0.15, 0.2) is 47.5 Å². The lowest BCUT2D eigenvalue weighted by Crippen LogP contribution is -2.43. The number of hydrogen-bond acceptors (Lipinski definition) is 13. The fraction of sp³-hybridized carbons (Fsp3) is 0.629. The number of rotatable bonds is 30. The molecule has 49 heavy (non-hydrogen) atoms. The standard InChI is InChI=1S/C35H58N5O9/c1-29-5-7-31(8-6-29)35(38-3)33-27-32(9-10-34(33)40(30(2)37)28-39(4)41)49-26-25-48-24-23-47-22-21-46-20-19-45-18-17-44-16-15-43-14-13-42-12-11-36/h5-10,27,30H,11-26,28,36-37H2,1-4H3/q+1. The fourth-order valence-corrected chi connectivity index (χ4v) is 4.52. The van der Waals surface area contributed by atoms with E-state index >= 15 is 0 Å². The van der Waals surface area contributed by atoms with Crippen LogP contribution < -0.4 is 21.1 Å². The average molecular weight is 693 g/mol. The summed E-state index contributed by atoms with van der Waals surface area (Å²) in [5, 5.41) is 0. The van der Waals surface area contributed by atoms with E-state index in [0.717, 1.165) is 32.8 Å². The van der Waals surface area contributed by atoms with Crippen LogP contribution >= 0.6 is 0 Å². The van der Waals surface area contributed by atoms with E-state index in [-0.39, 0.29) is 6.67 Å². The van der Waals surface area contributed by atoms with Gasteiger partial charge in [-0.2, -0.15) is 0 Å². The average Bonchev–Trinajstić information content (AvgIpc) is 3.08. The van der Waals surface area contributed by atoms with Gasteiger partial charge in [-0.3, -0.25) is 9.89 Å². The smallest absolute Gasteiger partial charge is 0.267 e. The van der Waals surface area contributed by atoms with Crippen LogP contribution in [0.1, 0.15) is 23.6 Å². The van der Waals surface area contributed by atoms with Gasteiger partial charge in [-0.15, -0.1) is 0 Å². The minimum absolute atomic E-state index is 0.105. The highest BCUT2D eigenvalue weighted by atomic mass is 16.6. The minimum atomic E-state index is -0.402. The Morgan fingerprint density at radius 2 is 1.18 bits per heavy atom. The Bertz CT molecular complexity index is 1180. The third-order valence-electron chi connectivity index (χ3n) is 6.91. The Balaban J connectivity index is 1.61. The largest absolute Gasteiger partial charge is 0.491 e. The Morgan fingerprint density at radius 3 is 1.59 bits per heavy atom. The first kappa shape index (κ1) is 42.1.